The SMILES string of the molecule is CC(C)CCCC(C)CCOc1ccc(-c2c(CBr)ccc3c(-c4ccc(OCCC(C)CCCC(C)C)cc4)c(CBr)ccc23)cc1. The molecule has 2 nitrogen and oxygen atoms in total. The standard InChI is InChI=1S/C44H58Br2O2/c1-31(2)9-7-11-33(5)25-27-47-39-19-13-35(14-20-39)43-37(29-45)17-24-42-41(43)23-18-38(30-46)44(42)36-15-21-40(22-16-36)48-28-26-34(6)12-8-10-32(3)4/h13-24,31-34H,7-12,25-30H2,1-6H3. The van der Waals surface area contributed by atoms with Gasteiger partial charge in [-0.1, -0.05) is 160 Å². The zero-order chi connectivity index (χ0) is 34.5. The molecular formula is C44H58Br2O2. The Kier molecular flexibility index (Phi) is 15.9. The molecule has 0 amide bonds. The fourth-order valence-electron chi connectivity index (χ4n) is 6.63. The van der Waals surface area contributed by atoms with E-state index in [-0.39, 0.29) is 0 Å². The summed E-state index contributed by atoms with van der Waals surface area (Å²) in [7, 11) is 0. The van der Waals surface area contributed by atoms with Crippen molar-refractivity contribution in [3.8, 4) is 33.8 Å². The second-order valence-corrected chi connectivity index (χ2v) is 15.9. The summed E-state index contributed by atoms with van der Waals surface area (Å²) >= 11 is 7.56. The summed E-state index contributed by atoms with van der Waals surface area (Å²) in [5.74, 6) is 4.85. The zero-order valence-corrected chi connectivity index (χ0v) is 33.5. The van der Waals surface area contributed by atoms with Crippen LogP contribution in [0.4, 0.5) is 0 Å². The lowest BCUT2D eigenvalue weighted by atomic mass is 9.88. The van der Waals surface area contributed by atoms with Gasteiger partial charge < -0.3 is 9.47 Å². The molecule has 2 unspecified atom stereocenters. The minimum atomic E-state index is 0.695. The van der Waals surface area contributed by atoms with E-state index in [9.17, 15) is 0 Å². The molecule has 0 aliphatic carbocycles. The highest BCUT2D eigenvalue weighted by atomic mass is 79.9. The molecule has 0 fully saturated rings. The number of benzene rings is 4. The number of halogens is 2. The molecule has 0 N–H and O–H groups in total. The average molecular weight is 779 g/mol. The van der Waals surface area contributed by atoms with E-state index in [1.807, 2.05) is 0 Å². The van der Waals surface area contributed by atoms with Crippen LogP contribution in [0.5, 0.6) is 11.5 Å². The van der Waals surface area contributed by atoms with Gasteiger partial charge in [0.15, 0.2) is 0 Å². The third kappa shape index (κ3) is 11.4. The van der Waals surface area contributed by atoms with Crippen molar-refractivity contribution < 1.29 is 9.47 Å². The largest absolute Gasteiger partial charge is 0.494 e. The Morgan fingerprint density at radius 3 is 1.17 bits per heavy atom. The molecule has 0 bridgehead atoms. The zero-order valence-electron chi connectivity index (χ0n) is 30.3. The molecule has 0 aromatic heterocycles. The van der Waals surface area contributed by atoms with Gasteiger partial charge in [0.1, 0.15) is 11.5 Å². The van der Waals surface area contributed by atoms with E-state index in [0.29, 0.717) is 11.8 Å². The van der Waals surface area contributed by atoms with Gasteiger partial charge in [-0.25, -0.2) is 0 Å². The fraction of sp³-hybridized carbons (Fsp3) is 0.500. The van der Waals surface area contributed by atoms with E-state index in [1.54, 1.807) is 0 Å². The van der Waals surface area contributed by atoms with Crippen LogP contribution in [-0.4, -0.2) is 13.2 Å². The number of ether oxygens (including phenoxy) is 2. The van der Waals surface area contributed by atoms with Crippen molar-refractivity contribution in [3.63, 3.8) is 0 Å². The smallest absolute Gasteiger partial charge is 0.119 e. The molecule has 260 valence electrons. The molecule has 0 aliphatic rings. The van der Waals surface area contributed by atoms with Crippen LogP contribution < -0.4 is 9.47 Å². The van der Waals surface area contributed by atoms with Gasteiger partial charge >= 0.3 is 0 Å². The Labute approximate surface area is 308 Å². The molecule has 4 aromatic rings. The first-order valence-electron chi connectivity index (χ1n) is 18.4. The quantitative estimate of drug-likeness (QED) is 0.0832. The van der Waals surface area contributed by atoms with Crippen molar-refractivity contribution in [1.82, 2.24) is 0 Å². The minimum absolute atomic E-state index is 0.695. The normalized spacial score (nSPS) is 13.0. The van der Waals surface area contributed by atoms with E-state index in [4.69, 9.17) is 9.47 Å². The summed E-state index contributed by atoms with van der Waals surface area (Å²) < 4.78 is 12.4. The van der Waals surface area contributed by atoms with E-state index < -0.39 is 0 Å². The van der Waals surface area contributed by atoms with Crippen molar-refractivity contribution in [2.24, 2.45) is 23.7 Å². The molecule has 0 heterocycles. The van der Waals surface area contributed by atoms with Gasteiger partial charge in [0.2, 0.25) is 0 Å². The molecule has 0 radical (unpaired) electrons. The maximum atomic E-state index is 6.19. The summed E-state index contributed by atoms with van der Waals surface area (Å²) in [4.78, 5) is 0. The van der Waals surface area contributed by atoms with E-state index in [2.05, 4.69) is 146 Å². The van der Waals surface area contributed by atoms with Crippen molar-refractivity contribution >= 4 is 42.6 Å². The molecule has 4 aromatic carbocycles. The van der Waals surface area contributed by atoms with Crippen LogP contribution in [0.25, 0.3) is 33.0 Å². The summed E-state index contributed by atoms with van der Waals surface area (Å²) in [5, 5.41) is 4.12. The van der Waals surface area contributed by atoms with Gasteiger partial charge in [-0.05, 0) is 105 Å². The van der Waals surface area contributed by atoms with Gasteiger partial charge in [0.05, 0.1) is 13.2 Å². The van der Waals surface area contributed by atoms with Crippen molar-refractivity contribution in [1.29, 1.82) is 0 Å². The summed E-state index contributed by atoms with van der Waals surface area (Å²) in [6.07, 6.45) is 10.0. The number of hydrogen-bond acceptors (Lipinski definition) is 2. The second-order valence-electron chi connectivity index (χ2n) is 14.7. The first kappa shape index (κ1) is 38.5. The monoisotopic (exact) mass is 776 g/mol. The predicted octanol–water partition coefficient (Wildman–Crippen LogP) is 14.4. The third-order valence-corrected chi connectivity index (χ3v) is 10.9. The number of alkyl halides is 2. The van der Waals surface area contributed by atoms with Crippen LogP contribution in [-0.2, 0) is 10.7 Å². The average Bonchev–Trinajstić information content (AvgIpc) is 3.07. The van der Waals surface area contributed by atoms with Crippen molar-refractivity contribution in [3.05, 3.63) is 83.9 Å². The Hall–Kier alpha value is -2.30. The Balaban J connectivity index is 1.49. The van der Waals surface area contributed by atoms with Crippen molar-refractivity contribution in [2.75, 3.05) is 13.2 Å². The summed E-state index contributed by atoms with van der Waals surface area (Å²) in [6, 6.07) is 26.6. The fourth-order valence-corrected chi connectivity index (χ4v) is 7.56. The first-order chi connectivity index (χ1) is 23.2. The molecule has 4 heteroatoms. The van der Waals surface area contributed by atoms with Gasteiger partial charge in [-0.2, -0.15) is 0 Å². The maximum Gasteiger partial charge on any atom is 0.119 e. The number of rotatable bonds is 20. The lowest BCUT2D eigenvalue weighted by Crippen LogP contribution is -2.05. The molecule has 2 atom stereocenters. The number of hydrogen-bond donors (Lipinski definition) is 0. The van der Waals surface area contributed by atoms with E-state index in [1.165, 1.54) is 82.7 Å². The summed E-state index contributed by atoms with van der Waals surface area (Å²) in [5.41, 5.74) is 7.55. The van der Waals surface area contributed by atoms with E-state index in [0.717, 1.165) is 60.1 Å². The van der Waals surface area contributed by atoms with Gasteiger partial charge in [-0.3, -0.25) is 0 Å². The van der Waals surface area contributed by atoms with Gasteiger partial charge in [0, 0.05) is 10.7 Å². The Morgan fingerprint density at radius 2 is 0.833 bits per heavy atom. The lowest BCUT2D eigenvalue weighted by Gasteiger charge is -2.18. The number of fused-ring (bicyclic) bond motifs is 1. The van der Waals surface area contributed by atoms with Crippen LogP contribution in [0.1, 0.15) is 104 Å². The Bertz CT molecular complexity index is 1410. The topological polar surface area (TPSA) is 18.5 Å². The van der Waals surface area contributed by atoms with Gasteiger partial charge in [-0.15, -0.1) is 0 Å². The molecule has 48 heavy (non-hydrogen) atoms. The third-order valence-electron chi connectivity index (χ3n) is 9.66. The van der Waals surface area contributed by atoms with Crippen LogP contribution in [0.15, 0.2) is 72.8 Å². The highest BCUT2D eigenvalue weighted by Gasteiger charge is 2.16. The molecule has 0 spiro atoms. The highest BCUT2D eigenvalue weighted by molar-refractivity contribution is 9.08. The van der Waals surface area contributed by atoms with E-state index >= 15 is 0 Å². The minimum Gasteiger partial charge on any atom is -0.494 e. The first-order valence-corrected chi connectivity index (χ1v) is 20.6. The van der Waals surface area contributed by atoms with Crippen LogP contribution in [0, 0.1) is 23.7 Å². The molecule has 0 saturated carbocycles. The Morgan fingerprint density at radius 1 is 0.458 bits per heavy atom. The van der Waals surface area contributed by atoms with Crippen LogP contribution >= 0.6 is 31.9 Å². The second kappa shape index (κ2) is 19.8. The van der Waals surface area contributed by atoms with Gasteiger partial charge in [0.25, 0.3) is 0 Å². The molecule has 4 rings (SSSR count). The molecular weight excluding hydrogens is 720 g/mol. The molecule has 0 saturated heterocycles. The lowest BCUT2D eigenvalue weighted by molar-refractivity contribution is 0.275. The predicted molar refractivity (Wildman–Crippen MR) is 216 cm³/mol. The maximum absolute atomic E-state index is 6.19. The summed E-state index contributed by atoms with van der Waals surface area (Å²) in [6.45, 7) is 15.5. The van der Waals surface area contributed by atoms with Crippen LogP contribution in [0.2, 0.25) is 0 Å². The van der Waals surface area contributed by atoms with Crippen molar-refractivity contribution in [2.45, 2.75) is 104 Å². The highest BCUT2D eigenvalue weighted by Crippen LogP contribution is 2.41. The van der Waals surface area contributed by atoms with Crippen LogP contribution in [0.3, 0.4) is 0 Å². The molecule has 0 aliphatic heterocycles.